The molecule has 0 saturated heterocycles. The molecule has 2 aromatic rings. The molecule has 9 heteroatoms. The van der Waals surface area contributed by atoms with Crippen LogP contribution >= 0.6 is 10.7 Å². The maximum atomic E-state index is 11.6. The molecule has 0 spiro atoms. The van der Waals surface area contributed by atoms with Gasteiger partial charge >= 0.3 is 0 Å². The van der Waals surface area contributed by atoms with Gasteiger partial charge in [0.2, 0.25) is 0 Å². The standard InChI is InChI=1S/C11H16ClN5O2S/c1-7(2)5-17-10(9-6-16(4)15-8(9)3)13-14-11(17)20(12,18)19/h6-7H,5H2,1-4H3. The normalized spacial score (nSPS) is 12.3. The highest BCUT2D eigenvalue weighted by Crippen LogP contribution is 2.25. The largest absolute Gasteiger partial charge is 0.296 e. The van der Waals surface area contributed by atoms with Gasteiger partial charge in [-0.2, -0.15) is 5.10 Å². The van der Waals surface area contributed by atoms with Gasteiger partial charge in [-0.15, -0.1) is 10.2 Å². The van der Waals surface area contributed by atoms with E-state index in [2.05, 4.69) is 15.3 Å². The summed E-state index contributed by atoms with van der Waals surface area (Å²) < 4.78 is 26.4. The van der Waals surface area contributed by atoms with Gasteiger partial charge in [0.25, 0.3) is 14.2 Å². The number of hydrogen-bond donors (Lipinski definition) is 0. The third-order valence-electron chi connectivity index (χ3n) is 2.74. The number of nitrogens with zero attached hydrogens (tertiary/aromatic N) is 5. The van der Waals surface area contributed by atoms with Gasteiger partial charge in [0.05, 0.1) is 11.3 Å². The summed E-state index contributed by atoms with van der Waals surface area (Å²) in [5, 5.41) is 11.7. The minimum Gasteiger partial charge on any atom is -0.296 e. The molecule has 0 aliphatic rings. The molecule has 2 aromatic heterocycles. The molecule has 0 aliphatic heterocycles. The van der Waals surface area contributed by atoms with Crippen molar-refractivity contribution in [1.29, 1.82) is 0 Å². The molecule has 0 unspecified atom stereocenters. The lowest BCUT2D eigenvalue weighted by atomic mass is 10.2. The molecular weight excluding hydrogens is 302 g/mol. The summed E-state index contributed by atoms with van der Waals surface area (Å²) in [6.07, 6.45) is 1.78. The number of rotatable bonds is 4. The molecule has 20 heavy (non-hydrogen) atoms. The van der Waals surface area contributed by atoms with Crippen molar-refractivity contribution in [3.8, 4) is 11.4 Å². The first-order valence-corrected chi connectivity index (χ1v) is 8.39. The Labute approximate surface area is 122 Å². The molecule has 110 valence electrons. The van der Waals surface area contributed by atoms with Gasteiger partial charge in [0.15, 0.2) is 5.82 Å². The molecule has 0 aromatic carbocycles. The highest BCUT2D eigenvalue weighted by Gasteiger charge is 2.25. The van der Waals surface area contributed by atoms with E-state index in [1.54, 1.807) is 17.9 Å². The van der Waals surface area contributed by atoms with E-state index in [9.17, 15) is 8.42 Å². The Morgan fingerprint density at radius 3 is 2.45 bits per heavy atom. The Bertz CT molecular complexity index is 732. The van der Waals surface area contributed by atoms with Crippen LogP contribution in [0.15, 0.2) is 11.4 Å². The van der Waals surface area contributed by atoms with Gasteiger partial charge in [0.1, 0.15) is 0 Å². The Kier molecular flexibility index (Phi) is 3.88. The van der Waals surface area contributed by atoms with Crippen molar-refractivity contribution in [1.82, 2.24) is 24.5 Å². The predicted molar refractivity (Wildman–Crippen MR) is 74.8 cm³/mol. The smallest absolute Gasteiger partial charge is 0.296 e. The van der Waals surface area contributed by atoms with Crippen LogP contribution in [0.5, 0.6) is 0 Å². The fourth-order valence-corrected chi connectivity index (χ4v) is 2.92. The van der Waals surface area contributed by atoms with E-state index < -0.39 is 9.05 Å². The highest BCUT2D eigenvalue weighted by molar-refractivity contribution is 8.13. The fraction of sp³-hybridized carbons (Fsp3) is 0.545. The van der Waals surface area contributed by atoms with Crippen LogP contribution in [0.2, 0.25) is 0 Å². The van der Waals surface area contributed by atoms with Gasteiger partial charge in [-0.3, -0.25) is 9.25 Å². The molecule has 2 rings (SSSR count). The minimum absolute atomic E-state index is 0.221. The van der Waals surface area contributed by atoms with Crippen LogP contribution in [0, 0.1) is 12.8 Å². The van der Waals surface area contributed by atoms with E-state index in [0.29, 0.717) is 12.4 Å². The minimum atomic E-state index is -3.94. The molecule has 0 saturated carbocycles. The molecule has 0 radical (unpaired) electrons. The maximum Gasteiger partial charge on any atom is 0.296 e. The lowest BCUT2D eigenvalue weighted by Crippen LogP contribution is -2.12. The molecule has 2 heterocycles. The average Bonchev–Trinajstić information content (AvgIpc) is 2.80. The third-order valence-corrected chi connectivity index (χ3v) is 3.89. The Morgan fingerprint density at radius 2 is 2.00 bits per heavy atom. The van der Waals surface area contributed by atoms with Crippen molar-refractivity contribution in [2.24, 2.45) is 13.0 Å². The zero-order chi connectivity index (χ0) is 15.1. The van der Waals surface area contributed by atoms with E-state index in [-0.39, 0.29) is 11.1 Å². The Balaban J connectivity index is 2.65. The SMILES string of the molecule is Cc1nn(C)cc1-c1nnc(S(=O)(=O)Cl)n1CC(C)C. The first kappa shape index (κ1) is 15.0. The van der Waals surface area contributed by atoms with Crippen LogP contribution < -0.4 is 0 Å². The zero-order valence-corrected chi connectivity index (χ0v) is 13.3. The van der Waals surface area contributed by atoms with Crippen LogP contribution in [-0.2, 0) is 22.6 Å². The van der Waals surface area contributed by atoms with Crippen molar-refractivity contribution in [2.45, 2.75) is 32.5 Å². The maximum absolute atomic E-state index is 11.6. The van der Waals surface area contributed by atoms with Crippen molar-refractivity contribution in [3.05, 3.63) is 11.9 Å². The van der Waals surface area contributed by atoms with Crippen molar-refractivity contribution >= 4 is 19.7 Å². The quantitative estimate of drug-likeness (QED) is 0.799. The molecule has 0 fully saturated rings. The first-order chi connectivity index (χ1) is 9.20. The average molecular weight is 318 g/mol. The zero-order valence-electron chi connectivity index (χ0n) is 11.7. The summed E-state index contributed by atoms with van der Waals surface area (Å²) in [6.45, 7) is 6.24. The van der Waals surface area contributed by atoms with E-state index in [0.717, 1.165) is 11.3 Å². The topological polar surface area (TPSA) is 82.7 Å². The van der Waals surface area contributed by atoms with Gasteiger partial charge in [0, 0.05) is 30.5 Å². The first-order valence-electron chi connectivity index (χ1n) is 6.08. The molecule has 0 amide bonds. The van der Waals surface area contributed by atoms with Crippen molar-refractivity contribution < 1.29 is 8.42 Å². The summed E-state index contributed by atoms with van der Waals surface area (Å²) in [7, 11) is 3.27. The van der Waals surface area contributed by atoms with Crippen LogP contribution in [0.4, 0.5) is 0 Å². The van der Waals surface area contributed by atoms with Gasteiger partial charge in [-0.1, -0.05) is 13.8 Å². The third kappa shape index (κ3) is 2.85. The van der Waals surface area contributed by atoms with Gasteiger partial charge in [-0.25, -0.2) is 8.42 Å². The lowest BCUT2D eigenvalue weighted by molar-refractivity contribution is 0.488. The Hall–Kier alpha value is -1.41. The number of hydrogen-bond acceptors (Lipinski definition) is 5. The van der Waals surface area contributed by atoms with E-state index >= 15 is 0 Å². The lowest BCUT2D eigenvalue weighted by Gasteiger charge is -2.10. The summed E-state index contributed by atoms with van der Waals surface area (Å²) >= 11 is 0. The van der Waals surface area contributed by atoms with Crippen molar-refractivity contribution in [2.75, 3.05) is 0 Å². The number of aromatic nitrogens is 5. The van der Waals surface area contributed by atoms with E-state index in [1.165, 1.54) is 4.57 Å². The van der Waals surface area contributed by atoms with Crippen LogP contribution in [-0.4, -0.2) is 33.0 Å². The molecule has 7 nitrogen and oxygen atoms in total. The summed E-state index contributed by atoms with van der Waals surface area (Å²) in [4.78, 5) is 0. The molecular formula is C11H16ClN5O2S. The van der Waals surface area contributed by atoms with Crippen LogP contribution in [0.3, 0.4) is 0 Å². The molecule has 0 N–H and O–H groups in total. The monoisotopic (exact) mass is 317 g/mol. The molecule has 0 atom stereocenters. The second kappa shape index (κ2) is 5.17. The van der Waals surface area contributed by atoms with Gasteiger partial charge in [-0.05, 0) is 12.8 Å². The van der Waals surface area contributed by atoms with Crippen LogP contribution in [0.1, 0.15) is 19.5 Å². The second-order valence-corrected chi connectivity index (χ2v) is 7.51. The number of halogens is 1. The fourth-order valence-electron chi connectivity index (χ4n) is 2.02. The summed E-state index contributed by atoms with van der Waals surface area (Å²) in [5.74, 6) is 0.683. The second-order valence-electron chi connectivity index (χ2n) is 5.05. The molecule has 0 aliphatic carbocycles. The van der Waals surface area contributed by atoms with E-state index in [1.807, 2.05) is 20.8 Å². The van der Waals surface area contributed by atoms with E-state index in [4.69, 9.17) is 10.7 Å². The predicted octanol–water partition coefficient (Wildman–Crippen LogP) is 1.57. The summed E-state index contributed by atoms with van der Waals surface area (Å²) in [6, 6.07) is 0. The number of aryl methyl sites for hydroxylation is 2. The van der Waals surface area contributed by atoms with Crippen LogP contribution in [0.25, 0.3) is 11.4 Å². The van der Waals surface area contributed by atoms with Gasteiger partial charge < -0.3 is 0 Å². The van der Waals surface area contributed by atoms with Crippen molar-refractivity contribution in [3.63, 3.8) is 0 Å². The highest BCUT2D eigenvalue weighted by atomic mass is 35.7. The Morgan fingerprint density at radius 1 is 1.35 bits per heavy atom. The molecule has 0 bridgehead atoms. The summed E-state index contributed by atoms with van der Waals surface area (Å²) in [5.41, 5.74) is 1.50.